The van der Waals surface area contributed by atoms with Gasteiger partial charge in [-0.05, 0) is 25.7 Å². The minimum Gasteiger partial charge on any atom is -0.481 e. The lowest BCUT2D eigenvalue weighted by Gasteiger charge is -2.39. The van der Waals surface area contributed by atoms with Crippen molar-refractivity contribution in [2.75, 3.05) is 39.2 Å². The van der Waals surface area contributed by atoms with Gasteiger partial charge in [0.25, 0.3) is 5.91 Å². The van der Waals surface area contributed by atoms with Crippen LogP contribution < -0.4 is 9.64 Å². The maximum absolute atomic E-state index is 12.1. The SMILES string of the molecule is COc1cc(N2CCC3(CCC(C(=O)N(C)C)O3)CC2)ncn1. The monoisotopic (exact) mass is 320 g/mol. The lowest BCUT2D eigenvalue weighted by atomic mass is 9.88. The molecule has 3 heterocycles. The molecule has 126 valence electrons. The zero-order valence-electron chi connectivity index (χ0n) is 14.0. The summed E-state index contributed by atoms with van der Waals surface area (Å²) in [4.78, 5) is 24.3. The van der Waals surface area contributed by atoms with Crippen molar-refractivity contribution in [1.29, 1.82) is 0 Å². The summed E-state index contributed by atoms with van der Waals surface area (Å²) in [5, 5.41) is 0. The second-order valence-electron chi connectivity index (χ2n) is 6.47. The predicted molar refractivity (Wildman–Crippen MR) is 85.6 cm³/mol. The molecule has 1 spiro atoms. The van der Waals surface area contributed by atoms with Gasteiger partial charge in [0.05, 0.1) is 12.7 Å². The maximum atomic E-state index is 12.1. The summed E-state index contributed by atoms with van der Waals surface area (Å²) in [6.45, 7) is 1.73. The molecule has 0 N–H and O–H groups in total. The minimum absolute atomic E-state index is 0.0739. The number of carbonyl (C=O) groups is 1. The first-order valence-electron chi connectivity index (χ1n) is 8.03. The van der Waals surface area contributed by atoms with Gasteiger partial charge in [0.2, 0.25) is 5.88 Å². The van der Waals surface area contributed by atoms with Crippen LogP contribution in [0.4, 0.5) is 5.82 Å². The van der Waals surface area contributed by atoms with Crippen LogP contribution in [-0.2, 0) is 9.53 Å². The van der Waals surface area contributed by atoms with E-state index in [1.54, 1.807) is 26.1 Å². The lowest BCUT2D eigenvalue weighted by Crippen LogP contribution is -2.46. The second-order valence-corrected chi connectivity index (χ2v) is 6.47. The molecule has 23 heavy (non-hydrogen) atoms. The first kappa shape index (κ1) is 16.0. The highest BCUT2D eigenvalue weighted by molar-refractivity contribution is 5.80. The van der Waals surface area contributed by atoms with E-state index in [9.17, 15) is 4.79 Å². The first-order chi connectivity index (χ1) is 11.0. The molecular formula is C16H24N4O3. The number of anilines is 1. The Morgan fingerprint density at radius 3 is 2.74 bits per heavy atom. The van der Waals surface area contributed by atoms with Crippen LogP contribution in [0.1, 0.15) is 25.7 Å². The van der Waals surface area contributed by atoms with Crippen molar-refractivity contribution in [1.82, 2.24) is 14.9 Å². The molecule has 2 aliphatic rings. The van der Waals surface area contributed by atoms with E-state index >= 15 is 0 Å². The van der Waals surface area contributed by atoms with Gasteiger partial charge in [-0.1, -0.05) is 0 Å². The maximum Gasteiger partial charge on any atom is 0.251 e. The molecule has 1 atom stereocenters. The number of amides is 1. The van der Waals surface area contributed by atoms with Crippen molar-refractivity contribution in [2.24, 2.45) is 0 Å². The molecule has 0 aliphatic carbocycles. The molecule has 1 aromatic rings. The van der Waals surface area contributed by atoms with E-state index in [4.69, 9.17) is 9.47 Å². The van der Waals surface area contributed by atoms with Crippen LogP contribution in [0.25, 0.3) is 0 Å². The van der Waals surface area contributed by atoms with E-state index in [0.717, 1.165) is 44.6 Å². The van der Waals surface area contributed by atoms with Crippen LogP contribution in [0.5, 0.6) is 5.88 Å². The van der Waals surface area contributed by atoms with Gasteiger partial charge in [0.15, 0.2) is 0 Å². The van der Waals surface area contributed by atoms with Crippen molar-refractivity contribution in [3.8, 4) is 5.88 Å². The Bertz CT molecular complexity index is 570. The average Bonchev–Trinajstić information content (AvgIpc) is 2.98. The van der Waals surface area contributed by atoms with E-state index in [0.29, 0.717) is 5.88 Å². The van der Waals surface area contributed by atoms with E-state index in [2.05, 4.69) is 14.9 Å². The quantitative estimate of drug-likeness (QED) is 0.830. The average molecular weight is 320 g/mol. The number of nitrogens with zero attached hydrogens (tertiary/aromatic N) is 4. The summed E-state index contributed by atoms with van der Waals surface area (Å²) in [6.07, 6.45) is 4.84. The molecule has 0 saturated carbocycles. The zero-order valence-corrected chi connectivity index (χ0v) is 14.0. The highest BCUT2D eigenvalue weighted by Crippen LogP contribution is 2.40. The molecule has 0 aromatic carbocycles. The highest BCUT2D eigenvalue weighted by Gasteiger charge is 2.45. The van der Waals surface area contributed by atoms with E-state index in [1.807, 2.05) is 6.07 Å². The molecule has 2 fully saturated rings. The Kier molecular flexibility index (Phi) is 4.39. The molecule has 0 bridgehead atoms. The lowest BCUT2D eigenvalue weighted by molar-refractivity contribution is -0.146. The summed E-state index contributed by atoms with van der Waals surface area (Å²) in [7, 11) is 5.16. The fourth-order valence-electron chi connectivity index (χ4n) is 3.40. The Labute approximate surface area is 136 Å². The molecule has 3 rings (SSSR count). The van der Waals surface area contributed by atoms with Gasteiger partial charge < -0.3 is 19.3 Å². The van der Waals surface area contributed by atoms with Gasteiger partial charge in [0.1, 0.15) is 18.2 Å². The number of hydrogen-bond donors (Lipinski definition) is 0. The molecule has 2 aliphatic heterocycles. The Morgan fingerprint density at radius 2 is 2.09 bits per heavy atom. The van der Waals surface area contributed by atoms with Gasteiger partial charge in [-0.2, -0.15) is 0 Å². The predicted octanol–water partition coefficient (Wildman–Crippen LogP) is 1.09. The largest absolute Gasteiger partial charge is 0.481 e. The number of carbonyl (C=O) groups excluding carboxylic acids is 1. The van der Waals surface area contributed by atoms with Crippen molar-refractivity contribution in [3.63, 3.8) is 0 Å². The molecule has 2 saturated heterocycles. The van der Waals surface area contributed by atoms with E-state index in [-0.39, 0.29) is 17.6 Å². The van der Waals surface area contributed by atoms with Crippen LogP contribution in [0.3, 0.4) is 0 Å². The fraction of sp³-hybridized carbons (Fsp3) is 0.688. The molecule has 1 amide bonds. The second kappa shape index (κ2) is 6.31. The molecule has 1 unspecified atom stereocenters. The summed E-state index contributed by atoms with van der Waals surface area (Å²) >= 11 is 0. The summed E-state index contributed by atoms with van der Waals surface area (Å²) in [6, 6.07) is 1.85. The number of hydrogen-bond acceptors (Lipinski definition) is 6. The third-order valence-corrected chi connectivity index (χ3v) is 4.81. The molecular weight excluding hydrogens is 296 g/mol. The summed E-state index contributed by atoms with van der Waals surface area (Å²) < 4.78 is 11.3. The molecule has 7 nitrogen and oxygen atoms in total. The summed E-state index contributed by atoms with van der Waals surface area (Å²) in [5.41, 5.74) is -0.149. The van der Waals surface area contributed by atoms with Crippen molar-refractivity contribution in [2.45, 2.75) is 37.4 Å². The van der Waals surface area contributed by atoms with Gasteiger partial charge in [-0.3, -0.25) is 4.79 Å². The van der Waals surface area contributed by atoms with Crippen molar-refractivity contribution < 1.29 is 14.3 Å². The van der Waals surface area contributed by atoms with Crippen LogP contribution >= 0.6 is 0 Å². The number of ether oxygens (including phenoxy) is 2. The number of aromatic nitrogens is 2. The first-order valence-corrected chi connectivity index (χ1v) is 8.03. The van der Waals surface area contributed by atoms with Crippen LogP contribution in [-0.4, -0.2) is 66.8 Å². The highest BCUT2D eigenvalue weighted by atomic mass is 16.5. The van der Waals surface area contributed by atoms with E-state index in [1.165, 1.54) is 6.33 Å². The Hall–Kier alpha value is -1.89. The third-order valence-electron chi connectivity index (χ3n) is 4.81. The normalized spacial score (nSPS) is 23.1. The number of piperidine rings is 1. The van der Waals surface area contributed by atoms with Crippen LogP contribution in [0.2, 0.25) is 0 Å². The van der Waals surface area contributed by atoms with Crippen molar-refractivity contribution >= 4 is 11.7 Å². The van der Waals surface area contributed by atoms with Crippen LogP contribution in [0, 0.1) is 0 Å². The number of methoxy groups -OCH3 is 1. The third kappa shape index (κ3) is 3.24. The van der Waals surface area contributed by atoms with Crippen molar-refractivity contribution in [3.05, 3.63) is 12.4 Å². The van der Waals surface area contributed by atoms with E-state index < -0.39 is 0 Å². The Balaban J connectivity index is 1.61. The number of likely N-dealkylation sites (N-methyl/N-ethyl adjacent to an activating group) is 1. The number of rotatable bonds is 3. The zero-order chi connectivity index (χ0) is 16.4. The molecule has 1 aromatic heterocycles. The van der Waals surface area contributed by atoms with Gasteiger partial charge in [-0.25, -0.2) is 9.97 Å². The fourth-order valence-corrected chi connectivity index (χ4v) is 3.40. The van der Waals surface area contributed by atoms with Crippen LogP contribution in [0.15, 0.2) is 12.4 Å². The molecule has 7 heteroatoms. The van der Waals surface area contributed by atoms with Gasteiger partial charge in [0, 0.05) is 33.3 Å². The minimum atomic E-state index is -0.282. The smallest absolute Gasteiger partial charge is 0.251 e. The van der Waals surface area contributed by atoms with Gasteiger partial charge in [-0.15, -0.1) is 0 Å². The summed E-state index contributed by atoms with van der Waals surface area (Å²) in [5.74, 6) is 1.53. The topological polar surface area (TPSA) is 67.8 Å². The standard InChI is InChI=1S/C16H24N4O3/c1-19(2)15(21)12-4-5-16(23-12)6-8-20(9-7-16)13-10-14(22-3)18-11-17-13/h10-12H,4-9H2,1-3H3. The Morgan fingerprint density at radius 1 is 1.35 bits per heavy atom. The molecule has 0 radical (unpaired) electrons. The van der Waals surface area contributed by atoms with Gasteiger partial charge >= 0.3 is 0 Å².